The molecule has 0 radical (unpaired) electrons. The van der Waals surface area contributed by atoms with Gasteiger partial charge >= 0.3 is 0 Å². The maximum Gasteiger partial charge on any atom is 0.170 e. The van der Waals surface area contributed by atoms with Crippen LogP contribution in [-0.2, 0) is 23.7 Å². The maximum absolute atomic E-state index is 12.6. The number of hydrogen-bond acceptors (Lipinski definition) is 8. The largest absolute Gasteiger partial charge is 0.390 e. The zero-order valence-electron chi connectivity index (χ0n) is 30.8. The van der Waals surface area contributed by atoms with E-state index in [9.17, 15) is 10.2 Å². The smallest absolute Gasteiger partial charge is 0.170 e. The molecule has 5 aliphatic carbocycles. The highest BCUT2D eigenvalue weighted by molar-refractivity contribution is 5.33. The SMILES string of the molecule is CO[C@@H]([C@H]1C[C@@H](C)[C@H]2[C@H](O1)[C@H](O)[C@@]1(C)[C@@H]3CC[C@H]4C(C)(C)[C@@H](O[C@H]5CN(C6(C)COC6)CCO5)CCC45C[C@@]35CC[C@]21C)C(C)(C)O. The Bertz CT molecular complexity index is 1230. The van der Waals surface area contributed by atoms with Gasteiger partial charge in [-0.15, -0.1) is 0 Å². The molecule has 0 amide bonds. The van der Waals surface area contributed by atoms with Crippen LogP contribution >= 0.6 is 0 Å². The van der Waals surface area contributed by atoms with Crippen LogP contribution in [0.4, 0.5) is 0 Å². The Morgan fingerprint density at radius 2 is 1.66 bits per heavy atom. The van der Waals surface area contributed by atoms with E-state index in [1.165, 1.54) is 38.5 Å². The summed E-state index contributed by atoms with van der Waals surface area (Å²) in [6.45, 7) is 22.4. The van der Waals surface area contributed by atoms with Crippen molar-refractivity contribution in [1.82, 2.24) is 4.90 Å². The second kappa shape index (κ2) is 10.6. The average molecular weight is 660 g/mol. The molecule has 47 heavy (non-hydrogen) atoms. The van der Waals surface area contributed by atoms with Crippen molar-refractivity contribution in [1.29, 1.82) is 0 Å². The summed E-state index contributed by atoms with van der Waals surface area (Å²) in [6.07, 6.45) is 7.98. The first-order chi connectivity index (χ1) is 22.0. The molecule has 3 heterocycles. The first-order valence-corrected chi connectivity index (χ1v) is 19.2. The average Bonchev–Trinajstić information content (AvgIpc) is 3.62. The molecular weight excluding hydrogens is 594 g/mol. The van der Waals surface area contributed by atoms with E-state index < -0.39 is 17.8 Å². The Kier molecular flexibility index (Phi) is 7.64. The minimum absolute atomic E-state index is 0.0213. The van der Waals surface area contributed by atoms with E-state index >= 15 is 0 Å². The molecule has 8 aliphatic rings. The van der Waals surface area contributed by atoms with E-state index in [0.717, 1.165) is 45.8 Å². The Balaban J connectivity index is 1.03. The molecule has 8 fully saturated rings. The molecule has 0 bridgehead atoms. The number of ether oxygens (including phenoxy) is 5. The second-order valence-corrected chi connectivity index (χ2v) is 19.7. The highest BCUT2D eigenvalue weighted by atomic mass is 16.7. The molecule has 8 rings (SSSR count). The molecule has 3 aliphatic heterocycles. The minimum atomic E-state index is -1.01. The van der Waals surface area contributed by atoms with Crippen molar-refractivity contribution in [3.05, 3.63) is 0 Å². The van der Waals surface area contributed by atoms with Gasteiger partial charge in [-0.25, -0.2) is 0 Å². The van der Waals surface area contributed by atoms with Gasteiger partial charge in [0, 0.05) is 19.1 Å². The van der Waals surface area contributed by atoms with Gasteiger partial charge in [0.15, 0.2) is 6.29 Å². The van der Waals surface area contributed by atoms with Crippen LogP contribution in [0.5, 0.6) is 0 Å². The molecular formula is C39H65NO7. The molecule has 0 aromatic rings. The molecule has 8 heteroatoms. The van der Waals surface area contributed by atoms with E-state index in [-0.39, 0.29) is 46.4 Å². The lowest BCUT2D eigenvalue weighted by Crippen LogP contribution is -2.64. The Hall–Kier alpha value is -0.320. The molecule has 5 saturated carbocycles. The highest BCUT2D eigenvalue weighted by Crippen LogP contribution is 2.89. The first-order valence-electron chi connectivity index (χ1n) is 19.2. The molecule has 14 atom stereocenters. The van der Waals surface area contributed by atoms with Crippen molar-refractivity contribution in [2.24, 2.45) is 50.7 Å². The predicted molar refractivity (Wildman–Crippen MR) is 179 cm³/mol. The lowest BCUT2D eigenvalue weighted by Gasteiger charge is -2.64. The zero-order valence-corrected chi connectivity index (χ0v) is 30.8. The number of nitrogens with zero attached hydrogens (tertiary/aromatic N) is 1. The zero-order chi connectivity index (χ0) is 33.6. The van der Waals surface area contributed by atoms with Crippen LogP contribution in [0, 0.1) is 50.7 Å². The van der Waals surface area contributed by atoms with Crippen molar-refractivity contribution >= 4 is 0 Å². The van der Waals surface area contributed by atoms with Crippen molar-refractivity contribution in [2.75, 3.05) is 40.0 Å². The first kappa shape index (κ1) is 33.8. The third-order valence-electron chi connectivity index (χ3n) is 17.0. The summed E-state index contributed by atoms with van der Waals surface area (Å²) in [5.74, 6) is 1.83. The Morgan fingerprint density at radius 1 is 0.957 bits per heavy atom. The normalized spacial score (nSPS) is 53.8. The molecule has 0 aromatic heterocycles. The van der Waals surface area contributed by atoms with Crippen LogP contribution < -0.4 is 0 Å². The van der Waals surface area contributed by atoms with Crippen LogP contribution in [0.25, 0.3) is 0 Å². The number of fused-ring (bicyclic) bond motifs is 4. The fraction of sp³-hybridized carbons (Fsp3) is 1.00. The number of hydrogen-bond donors (Lipinski definition) is 2. The lowest BCUT2D eigenvalue weighted by molar-refractivity contribution is -0.265. The Morgan fingerprint density at radius 3 is 2.32 bits per heavy atom. The lowest BCUT2D eigenvalue weighted by atomic mass is 9.41. The minimum Gasteiger partial charge on any atom is -0.390 e. The third-order valence-corrected chi connectivity index (χ3v) is 17.0. The van der Waals surface area contributed by atoms with E-state index in [4.69, 9.17) is 23.7 Å². The highest BCUT2D eigenvalue weighted by Gasteiger charge is 2.84. The Labute approximate surface area is 283 Å². The number of morpholine rings is 1. The number of methoxy groups -OCH3 is 1. The van der Waals surface area contributed by atoms with Crippen LogP contribution in [0.2, 0.25) is 0 Å². The number of aliphatic hydroxyl groups is 2. The van der Waals surface area contributed by atoms with Crippen molar-refractivity contribution in [3.63, 3.8) is 0 Å². The summed E-state index contributed by atoms with van der Waals surface area (Å²) in [5, 5.41) is 23.5. The van der Waals surface area contributed by atoms with Gasteiger partial charge in [0.05, 0.1) is 61.9 Å². The van der Waals surface area contributed by atoms with Crippen molar-refractivity contribution < 1.29 is 33.9 Å². The van der Waals surface area contributed by atoms with Crippen LogP contribution in [0.3, 0.4) is 0 Å². The van der Waals surface area contributed by atoms with E-state index in [1.807, 2.05) is 13.8 Å². The fourth-order valence-corrected chi connectivity index (χ4v) is 14.6. The molecule has 1 unspecified atom stereocenters. The van der Waals surface area contributed by atoms with E-state index in [2.05, 4.69) is 46.4 Å². The molecule has 2 N–H and O–H groups in total. The number of rotatable bonds is 6. The summed E-state index contributed by atoms with van der Waals surface area (Å²) in [5.41, 5.74) is -0.341. The van der Waals surface area contributed by atoms with Gasteiger partial charge in [-0.1, -0.05) is 34.6 Å². The fourth-order valence-electron chi connectivity index (χ4n) is 14.6. The van der Waals surface area contributed by atoms with Gasteiger partial charge in [-0.05, 0) is 117 Å². The van der Waals surface area contributed by atoms with Crippen molar-refractivity contribution in [3.8, 4) is 0 Å². The van der Waals surface area contributed by atoms with Gasteiger partial charge in [0.1, 0.15) is 6.10 Å². The summed E-state index contributed by atoms with van der Waals surface area (Å²) in [7, 11) is 1.67. The van der Waals surface area contributed by atoms with Gasteiger partial charge in [0.2, 0.25) is 0 Å². The number of aliphatic hydroxyl groups excluding tert-OH is 1. The third kappa shape index (κ3) is 4.34. The predicted octanol–water partition coefficient (Wildman–Crippen LogP) is 5.42. The van der Waals surface area contributed by atoms with Crippen LogP contribution in [0.1, 0.15) is 107 Å². The van der Waals surface area contributed by atoms with Crippen molar-refractivity contribution in [2.45, 2.75) is 155 Å². The summed E-state index contributed by atoms with van der Waals surface area (Å²) >= 11 is 0. The molecule has 3 saturated heterocycles. The van der Waals surface area contributed by atoms with Crippen LogP contribution in [-0.4, -0.2) is 103 Å². The quantitative estimate of drug-likeness (QED) is 0.391. The van der Waals surface area contributed by atoms with E-state index in [0.29, 0.717) is 34.5 Å². The van der Waals surface area contributed by atoms with E-state index in [1.54, 1.807) is 7.11 Å². The van der Waals surface area contributed by atoms with Gasteiger partial charge in [-0.3, -0.25) is 4.90 Å². The summed E-state index contributed by atoms with van der Waals surface area (Å²) in [6, 6.07) is 0. The standard InChI is InChI=1S/C39H65NO7/c1-23-18-24(32(43-9)34(4,5)42)46-30-29(23)36(7)14-15-39-20-38(39)13-12-27(47-28-19-40(16-17-45-28)35(6)21-44-22-35)33(2,3)25(38)10-11-26(39)37(36,8)31(30)41/h23-32,41-42H,10-22H2,1-9H3/t23-,24-,25+,26+,27+,28+,29+,30+,31+,32+,36-,37-,38?,39+/m1/s1. The van der Waals surface area contributed by atoms with Gasteiger partial charge < -0.3 is 33.9 Å². The molecule has 8 nitrogen and oxygen atoms in total. The maximum atomic E-state index is 12.6. The van der Waals surface area contributed by atoms with Crippen LogP contribution in [0.15, 0.2) is 0 Å². The summed E-state index contributed by atoms with van der Waals surface area (Å²) < 4.78 is 31.5. The second-order valence-electron chi connectivity index (χ2n) is 19.7. The van der Waals surface area contributed by atoms with Gasteiger partial charge in [-0.2, -0.15) is 0 Å². The molecule has 268 valence electrons. The molecule has 2 spiro atoms. The topological polar surface area (TPSA) is 89.9 Å². The summed E-state index contributed by atoms with van der Waals surface area (Å²) in [4.78, 5) is 2.53. The van der Waals surface area contributed by atoms with Gasteiger partial charge in [0.25, 0.3) is 0 Å². The monoisotopic (exact) mass is 659 g/mol. The molecule has 0 aromatic carbocycles.